The maximum Gasteiger partial charge on any atom is 0.0627 e. The van der Waals surface area contributed by atoms with Gasteiger partial charge in [-0.3, -0.25) is 0 Å². The van der Waals surface area contributed by atoms with E-state index in [1.54, 1.807) is 0 Å². The van der Waals surface area contributed by atoms with E-state index in [2.05, 4.69) is 0 Å². The van der Waals surface area contributed by atoms with Crippen LogP contribution < -0.4 is 5.11 Å². The molecular formula is C6H8NO-. The van der Waals surface area contributed by atoms with Crippen LogP contribution in [0.5, 0.6) is 0 Å². The summed E-state index contributed by atoms with van der Waals surface area (Å²) in [5, 5.41) is 18.4. The van der Waals surface area contributed by atoms with E-state index in [1.807, 2.05) is 6.07 Å². The Labute approximate surface area is 48.7 Å². The lowest BCUT2D eigenvalue weighted by molar-refractivity contribution is -0.382. The highest BCUT2D eigenvalue weighted by Crippen LogP contribution is 2.47. The van der Waals surface area contributed by atoms with Gasteiger partial charge in [-0.25, -0.2) is 0 Å². The molecule has 0 spiro atoms. The lowest BCUT2D eigenvalue weighted by Gasteiger charge is -2.12. The topological polar surface area (TPSA) is 46.8 Å². The second-order valence-corrected chi connectivity index (χ2v) is 2.48. The third-order valence-electron chi connectivity index (χ3n) is 1.72. The van der Waals surface area contributed by atoms with E-state index in [9.17, 15) is 5.11 Å². The molecule has 1 rings (SSSR count). The molecular weight excluding hydrogens is 102 g/mol. The van der Waals surface area contributed by atoms with Crippen LogP contribution in [0.4, 0.5) is 0 Å². The molecule has 0 aromatic rings. The predicted molar refractivity (Wildman–Crippen MR) is 26.8 cm³/mol. The third-order valence-corrected chi connectivity index (χ3v) is 1.72. The molecule has 1 fully saturated rings. The zero-order valence-electron chi connectivity index (χ0n) is 4.68. The molecule has 0 aromatic carbocycles. The third kappa shape index (κ3) is 0.823. The van der Waals surface area contributed by atoms with Crippen molar-refractivity contribution in [1.29, 1.82) is 5.26 Å². The molecule has 0 atom stereocenters. The van der Waals surface area contributed by atoms with Crippen molar-refractivity contribution in [3.05, 3.63) is 0 Å². The van der Waals surface area contributed by atoms with Gasteiger partial charge in [0.2, 0.25) is 0 Å². The molecule has 0 N–H and O–H groups in total. The molecule has 2 nitrogen and oxygen atoms in total. The maximum absolute atomic E-state index is 10.3. The number of hydrogen-bond donors (Lipinski definition) is 0. The van der Waals surface area contributed by atoms with E-state index < -0.39 is 0 Å². The van der Waals surface area contributed by atoms with Crippen molar-refractivity contribution in [3.8, 4) is 6.07 Å². The average molecular weight is 110 g/mol. The Balaban J connectivity index is 2.33. The molecule has 1 aliphatic rings. The van der Waals surface area contributed by atoms with Crippen molar-refractivity contribution in [2.75, 3.05) is 6.61 Å². The standard InChI is InChI=1S/C6H8NO/c7-4-3-6(5-8)1-2-6/h1-3,5H2/q-1. The molecule has 8 heavy (non-hydrogen) atoms. The fourth-order valence-corrected chi connectivity index (χ4v) is 0.717. The fraction of sp³-hybridized carbons (Fsp3) is 0.833. The van der Waals surface area contributed by atoms with Crippen LogP contribution in [0.1, 0.15) is 19.3 Å². The van der Waals surface area contributed by atoms with Gasteiger partial charge in [-0.15, -0.1) is 6.61 Å². The minimum absolute atomic E-state index is 0.0550. The summed E-state index contributed by atoms with van der Waals surface area (Å²) in [5.74, 6) is 0. The molecule has 1 aliphatic carbocycles. The normalized spacial score (nSPS) is 22.0. The second-order valence-electron chi connectivity index (χ2n) is 2.48. The number of nitriles is 1. The lowest BCUT2D eigenvalue weighted by atomic mass is 10.1. The SMILES string of the molecule is N#CCC1(C[O-])CC1. The van der Waals surface area contributed by atoms with E-state index in [4.69, 9.17) is 5.26 Å². The lowest BCUT2D eigenvalue weighted by Crippen LogP contribution is -2.18. The molecule has 0 aromatic heterocycles. The van der Waals surface area contributed by atoms with E-state index in [-0.39, 0.29) is 12.0 Å². The number of hydrogen-bond acceptors (Lipinski definition) is 2. The summed E-state index contributed by atoms with van der Waals surface area (Å²) in [6.45, 7) is -0.0550. The maximum atomic E-state index is 10.3. The Morgan fingerprint density at radius 1 is 1.62 bits per heavy atom. The average Bonchev–Trinajstić information content (AvgIpc) is 2.50. The van der Waals surface area contributed by atoms with Gasteiger partial charge in [-0.05, 0) is 18.3 Å². The Hall–Kier alpha value is -0.550. The van der Waals surface area contributed by atoms with E-state index in [0.29, 0.717) is 6.42 Å². The monoisotopic (exact) mass is 110 g/mol. The van der Waals surface area contributed by atoms with Gasteiger partial charge >= 0.3 is 0 Å². The van der Waals surface area contributed by atoms with Crippen molar-refractivity contribution >= 4 is 0 Å². The van der Waals surface area contributed by atoms with Crippen molar-refractivity contribution in [2.45, 2.75) is 19.3 Å². The van der Waals surface area contributed by atoms with E-state index in [1.165, 1.54) is 0 Å². The number of rotatable bonds is 2. The first kappa shape index (κ1) is 5.58. The highest BCUT2D eigenvalue weighted by molar-refractivity contribution is 4.98. The molecule has 0 amide bonds. The first-order chi connectivity index (χ1) is 3.83. The van der Waals surface area contributed by atoms with Gasteiger partial charge in [0, 0.05) is 6.42 Å². The minimum atomic E-state index is -0.0747. The summed E-state index contributed by atoms with van der Waals surface area (Å²) in [6, 6.07) is 2.02. The van der Waals surface area contributed by atoms with Crippen molar-refractivity contribution in [3.63, 3.8) is 0 Å². The van der Waals surface area contributed by atoms with Crippen LogP contribution in [-0.2, 0) is 0 Å². The van der Waals surface area contributed by atoms with Gasteiger partial charge in [0.25, 0.3) is 0 Å². The Morgan fingerprint density at radius 3 is 2.38 bits per heavy atom. The molecule has 0 bridgehead atoms. The predicted octanol–water partition coefficient (Wildman–Crippen LogP) is 0.0406. The fourth-order valence-electron chi connectivity index (χ4n) is 0.717. The van der Waals surface area contributed by atoms with Crippen LogP contribution in [0.25, 0.3) is 0 Å². The highest BCUT2D eigenvalue weighted by Gasteiger charge is 2.37. The zero-order valence-corrected chi connectivity index (χ0v) is 4.68. The van der Waals surface area contributed by atoms with Crippen molar-refractivity contribution < 1.29 is 5.11 Å². The van der Waals surface area contributed by atoms with Gasteiger partial charge in [-0.1, -0.05) is 0 Å². The van der Waals surface area contributed by atoms with Crippen molar-refractivity contribution in [2.24, 2.45) is 5.41 Å². The second kappa shape index (κ2) is 1.75. The van der Waals surface area contributed by atoms with Crippen LogP contribution >= 0.6 is 0 Å². The van der Waals surface area contributed by atoms with Crippen LogP contribution in [0.2, 0.25) is 0 Å². The smallest absolute Gasteiger partial charge is 0.0627 e. The van der Waals surface area contributed by atoms with Gasteiger partial charge in [0.05, 0.1) is 6.07 Å². The molecule has 0 heterocycles. The summed E-state index contributed by atoms with van der Waals surface area (Å²) in [6.07, 6.45) is 2.42. The zero-order chi connectivity index (χ0) is 6.04. The Morgan fingerprint density at radius 2 is 2.25 bits per heavy atom. The van der Waals surface area contributed by atoms with Crippen LogP contribution in [0.15, 0.2) is 0 Å². The molecule has 44 valence electrons. The van der Waals surface area contributed by atoms with E-state index >= 15 is 0 Å². The molecule has 0 radical (unpaired) electrons. The quantitative estimate of drug-likeness (QED) is 0.504. The molecule has 2 heteroatoms. The molecule has 0 saturated heterocycles. The van der Waals surface area contributed by atoms with Crippen LogP contribution in [0.3, 0.4) is 0 Å². The summed E-state index contributed by atoms with van der Waals surface area (Å²) in [7, 11) is 0. The van der Waals surface area contributed by atoms with E-state index in [0.717, 1.165) is 12.8 Å². The molecule has 0 aliphatic heterocycles. The first-order valence-electron chi connectivity index (χ1n) is 2.78. The summed E-state index contributed by atoms with van der Waals surface area (Å²) in [4.78, 5) is 0. The highest BCUT2D eigenvalue weighted by atomic mass is 16.3. The van der Waals surface area contributed by atoms with Gasteiger partial charge in [-0.2, -0.15) is 5.26 Å². The van der Waals surface area contributed by atoms with Crippen molar-refractivity contribution in [1.82, 2.24) is 0 Å². The molecule has 0 unspecified atom stereocenters. The first-order valence-corrected chi connectivity index (χ1v) is 2.78. The van der Waals surface area contributed by atoms with Gasteiger partial charge in [0.1, 0.15) is 0 Å². The Bertz CT molecular complexity index is 121. The Kier molecular flexibility index (Phi) is 1.22. The van der Waals surface area contributed by atoms with Crippen LogP contribution in [0, 0.1) is 16.7 Å². The summed E-state index contributed by atoms with van der Waals surface area (Å²) >= 11 is 0. The summed E-state index contributed by atoms with van der Waals surface area (Å²) < 4.78 is 0. The van der Waals surface area contributed by atoms with Gasteiger partial charge < -0.3 is 5.11 Å². The molecule has 1 saturated carbocycles. The number of nitrogens with zero attached hydrogens (tertiary/aromatic N) is 1. The van der Waals surface area contributed by atoms with Crippen LogP contribution in [-0.4, -0.2) is 6.61 Å². The largest absolute Gasteiger partial charge is 0.854 e. The van der Waals surface area contributed by atoms with Gasteiger partial charge in [0.15, 0.2) is 0 Å². The summed E-state index contributed by atoms with van der Waals surface area (Å²) in [5.41, 5.74) is -0.0747. The minimum Gasteiger partial charge on any atom is -0.854 e.